The second kappa shape index (κ2) is 11.0. The lowest BCUT2D eigenvalue weighted by molar-refractivity contribution is 0.0795. The molecule has 0 aliphatic carbocycles. The first-order chi connectivity index (χ1) is 16.0. The van der Waals surface area contributed by atoms with Crippen LogP contribution in [0.15, 0.2) is 35.5 Å². The molecular formula is C23H32FN5O4S. The number of halogens is 1. The number of hydrogen-bond acceptors (Lipinski definition) is 8. The fraction of sp³-hybridized carbons (Fsp3) is 0.522. The number of likely N-dealkylation sites (tertiary alicyclic amines) is 1. The van der Waals surface area contributed by atoms with E-state index < -0.39 is 15.7 Å². The lowest BCUT2D eigenvalue weighted by atomic mass is 9.96. The molecule has 2 aromatic rings. The Balaban J connectivity index is 1.56. The van der Waals surface area contributed by atoms with Gasteiger partial charge in [-0.1, -0.05) is 13.8 Å². The molecule has 1 aromatic heterocycles. The molecule has 186 valence electrons. The standard InChI is InChI=1S/C23H32FN5O4S/c1-16(2)14-33-23(30)29-9-7-17(8-10-29)13-28(3)22-12-21(25-15-26-22)27-20-6-5-18(11-19(20)24)34(4,31)32/h5-6,11-12,15-17H,7-10,13-14H2,1-4H3,(H,25,26,27). The molecule has 1 aliphatic heterocycles. The Morgan fingerprint density at radius 1 is 1.26 bits per heavy atom. The molecule has 1 aromatic carbocycles. The fourth-order valence-corrected chi connectivity index (χ4v) is 4.33. The Kier molecular flexibility index (Phi) is 8.29. The second-order valence-electron chi connectivity index (χ2n) is 9.08. The minimum absolute atomic E-state index is 0.0853. The van der Waals surface area contributed by atoms with Crippen molar-refractivity contribution in [1.82, 2.24) is 14.9 Å². The van der Waals surface area contributed by atoms with Crippen LogP contribution in [0.1, 0.15) is 26.7 Å². The minimum Gasteiger partial charge on any atom is -0.449 e. The van der Waals surface area contributed by atoms with Gasteiger partial charge in [0.25, 0.3) is 0 Å². The van der Waals surface area contributed by atoms with E-state index in [0.29, 0.717) is 43.2 Å². The lowest BCUT2D eigenvalue weighted by Crippen LogP contribution is -2.41. The molecule has 0 spiro atoms. The number of aromatic nitrogens is 2. The number of ether oxygens (including phenoxy) is 1. The highest BCUT2D eigenvalue weighted by molar-refractivity contribution is 7.90. The van der Waals surface area contributed by atoms with E-state index in [1.54, 1.807) is 11.0 Å². The van der Waals surface area contributed by atoms with Gasteiger partial charge in [0.1, 0.15) is 23.8 Å². The lowest BCUT2D eigenvalue weighted by Gasteiger charge is -2.33. The van der Waals surface area contributed by atoms with Gasteiger partial charge in [-0.05, 0) is 42.9 Å². The van der Waals surface area contributed by atoms with Gasteiger partial charge >= 0.3 is 6.09 Å². The molecule has 9 nitrogen and oxygen atoms in total. The number of carbonyl (C=O) groups is 1. The van der Waals surface area contributed by atoms with E-state index in [1.807, 2.05) is 25.8 Å². The number of sulfone groups is 1. The molecule has 0 unspecified atom stereocenters. The van der Waals surface area contributed by atoms with Gasteiger partial charge in [-0.25, -0.2) is 27.6 Å². The summed E-state index contributed by atoms with van der Waals surface area (Å²) in [5.41, 5.74) is 0.122. The fourth-order valence-electron chi connectivity index (χ4n) is 3.70. The summed E-state index contributed by atoms with van der Waals surface area (Å²) < 4.78 is 42.9. The van der Waals surface area contributed by atoms with Crippen LogP contribution in [0.3, 0.4) is 0 Å². The minimum atomic E-state index is -3.49. The number of nitrogens with zero attached hydrogens (tertiary/aromatic N) is 4. The van der Waals surface area contributed by atoms with Gasteiger partial charge in [-0.3, -0.25) is 0 Å². The van der Waals surface area contributed by atoms with Crippen molar-refractivity contribution in [2.45, 2.75) is 31.6 Å². The Labute approximate surface area is 200 Å². The van der Waals surface area contributed by atoms with E-state index >= 15 is 0 Å². The third-order valence-electron chi connectivity index (χ3n) is 5.62. The largest absolute Gasteiger partial charge is 0.449 e. The average Bonchev–Trinajstić information content (AvgIpc) is 2.78. The number of rotatable bonds is 8. The molecule has 2 heterocycles. The summed E-state index contributed by atoms with van der Waals surface area (Å²) in [6, 6.07) is 5.41. The highest BCUT2D eigenvalue weighted by atomic mass is 32.2. The van der Waals surface area contributed by atoms with Gasteiger partial charge in [0.05, 0.1) is 17.2 Å². The van der Waals surface area contributed by atoms with E-state index in [2.05, 4.69) is 15.3 Å². The number of piperidine rings is 1. The van der Waals surface area contributed by atoms with Crippen molar-refractivity contribution < 1.29 is 22.3 Å². The molecule has 0 atom stereocenters. The van der Waals surface area contributed by atoms with Crippen LogP contribution in [0.2, 0.25) is 0 Å². The van der Waals surface area contributed by atoms with Crippen LogP contribution in [-0.4, -0.2) is 68.9 Å². The first-order valence-corrected chi connectivity index (χ1v) is 13.1. The number of anilines is 3. The molecule has 34 heavy (non-hydrogen) atoms. The SMILES string of the molecule is CC(C)COC(=O)N1CCC(CN(C)c2cc(Nc3ccc(S(C)(=O)=O)cc3F)ncn2)CC1. The summed E-state index contributed by atoms with van der Waals surface area (Å²) in [6.07, 6.45) is 3.92. The van der Waals surface area contributed by atoms with E-state index in [9.17, 15) is 17.6 Å². The zero-order chi connectivity index (χ0) is 24.9. The van der Waals surface area contributed by atoms with Crippen molar-refractivity contribution in [2.24, 2.45) is 11.8 Å². The zero-order valence-electron chi connectivity index (χ0n) is 20.0. The van der Waals surface area contributed by atoms with Crippen LogP contribution >= 0.6 is 0 Å². The summed E-state index contributed by atoms with van der Waals surface area (Å²) in [5, 5.41) is 2.88. The molecule has 0 bridgehead atoms. The average molecular weight is 494 g/mol. The Bertz CT molecular complexity index is 1100. The first kappa shape index (κ1) is 25.7. The third kappa shape index (κ3) is 7.02. The van der Waals surface area contributed by atoms with E-state index in [-0.39, 0.29) is 16.7 Å². The van der Waals surface area contributed by atoms with Crippen LogP contribution < -0.4 is 10.2 Å². The highest BCUT2D eigenvalue weighted by Gasteiger charge is 2.25. The van der Waals surface area contributed by atoms with Crippen molar-refractivity contribution in [3.8, 4) is 0 Å². The molecule has 1 saturated heterocycles. The number of carbonyl (C=O) groups excluding carboxylic acids is 1. The number of benzene rings is 1. The van der Waals surface area contributed by atoms with Crippen LogP contribution in [0.4, 0.5) is 26.5 Å². The van der Waals surface area contributed by atoms with E-state index in [1.165, 1.54) is 18.5 Å². The predicted octanol–water partition coefficient (Wildman–Crippen LogP) is 3.70. The Hall–Kier alpha value is -2.95. The smallest absolute Gasteiger partial charge is 0.409 e. The Morgan fingerprint density at radius 3 is 2.59 bits per heavy atom. The first-order valence-electron chi connectivity index (χ1n) is 11.2. The summed E-state index contributed by atoms with van der Waals surface area (Å²) in [4.78, 5) is 24.3. The summed E-state index contributed by atoms with van der Waals surface area (Å²) in [6.45, 7) is 6.52. The van der Waals surface area contributed by atoms with Crippen LogP contribution in [0.25, 0.3) is 0 Å². The van der Waals surface area contributed by atoms with Crippen molar-refractivity contribution in [3.63, 3.8) is 0 Å². The number of amides is 1. The Morgan fingerprint density at radius 2 is 1.97 bits per heavy atom. The van der Waals surface area contributed by atoms with Gasteiger partial charge in [-0.15, -0.1) is 0 Å². The van der Waals surface area contributed by atoms with Crippen LogP contribution in [0.5, 0.6) is 0 Å². The van der Waals surface area contributed by atoms with Crippen LogP contribution in [-0.2, 0) is 14.6 Å². The molecule has 1 fully saturated rings. The molecule has 1 amide bonds. The van der Waals surface area contributed by atoms with Gasteiger partial charge in [-0.2, -0.15) is 0 Å². The number of hydrogen-bond donors (Lipinski definition) is 1. The summed E-state index contributed by atoms with van der Waals surface area (Å²) in [5.74, 6) is 1.09. The van der Waals surface area contributed by atoms with E-state index in [0.717, 1.165) is 31.7 Å². The van der Waals surface area contributed by atoms with Crippen molar-refractivity contribution >= 4 is 33.3 Å². The molecule has 3 rings (SSSR count). The summed E-state index contributed by atoms with van der Waals surface area (Å²) >= 11 is 0. The number of nitrogens with one attached hydrogen (secondary N) is 1. The van der Waals surface area contributed by atoms with Gasteiger partial charge in [0, 0.05) is 39.0 Å². The quantitative estimate of drug-likeness (QED) is 0.594. The predicted molar refractivity (Wildman–Crippen MR) is 129 cm³/mol. The topological polar surface area (TPSA) is 105 Å². The van der Waals surface area contributed by atoms with Crippen molar-refractivity contribution in [2.75, 3.05) is 49.8 Å². The maximum atomic E-state index is 14.4. The molecule has 1 aliphatic rings. The van der Waals surface area contributed by atoms with Crippen molar-refractivity contribution in [1.29, 1.82) is 0 Å². The second-order valence-corrected chi connectivity index (χ2v) is 11.1. The van der Waals surface area contributed by atoms with Crippen LogP contribution in [0, 0.1) is 17.7 Å². The molecule has 0 saturated carbocycles. The third-order valence-corrected chi connectivity index (χ3v) is 6.73. The van der Waals surface area contributed by atoms with Crippen molar-refractivity contribution in [3.05, 3.63) is 36.4 Å². The normalized spacial score (nSPS) is 14.8. The molecule has 11 heteroatoms. The maximum absolute atomic E-state index is 14.4. The van der Waals surface area contributed by atoms with Gasteiger partial charge in [0.2, 0.25) is 0 Å². The van der Waals surface area contributed by atoms with E-state index in [4.69, 9.17) is 4.74 Å². The monoisotopic (exact) mass is 493 g/mol. The molecule has 1 N–H and O–H groups in total. The zero-order valence-corrected chi connectivity index (χ0v) is 20.8. The van der Waals surface area contributed by atoms with Gasteiger partial charge < -0.3 is 19.9 Å². The maximum Gasteiger partial charge on any atom is 0.409 e. The molecule has 0 radical (unpaired) electrons. The summed E-state index contributed by atoms with van der Waals surface area (Å²) in [7, 11) is -1.56. The molecular weight excluding hydrogens is 461 g/mol. The van der Waals surface area contributed by atoms with Gasteiger partial charge in [0.15, 0.2) is 9.84 Å². The highest BCUT2D eigenvalue weighted by Crippen LogP contribution is 2.25.